The summed E-state index contributed by atoms with van der Waals surface area (Å²) in [6, 6.07) is 39.7. The molecule has 6 aromatic rings. The third-order valence-corrected chi connectivity index (χ3v) is 12.0. The lowest BCUT2D eigenvalue weighted by atomic mass is 9.78. The summed E-state index contributed by atoms with van der Waals surface area (Å²) in [6.07, 6.45) is 0. The van der Waals surface area contributed by atoms with Gasteiger partial charge in [0, 0.05) is 21.7 Å². The Morgan fingerprint density at radius 3 is 1.04 bits per heavy atom. The molecule has 6 rings (SSSR count). The van der Waals surface area contributed by atoms with Crippen LogP contribution in [0.25, 0.3) is 32.7 Å². The maximum Gasteiger partial charge on any atom is 0.123 e. The molecule has 0 aliphatic heterocycles. The van der Waals surface area contributed by atoms with Crippen molar-refractivity contribution >= 4 is 49.8 Å². The second-order valence-electron chi connectivity index (χ2n) is 18.3. The number of para-hydroxylation sites is 2. The van der Waals surface area contributed by atoms with Gasteiger partial charge in [-0.1, -0.05) is 156 Å². The van der Waals surface area contributed by atoms with Gasteiger partial charge in [0.25, 0.3) is 0 Å². The Kier molecular flexibility index (Phi) is 10.4. The molecule has 2 unspecified atom stereocenters. The van der Waals surface area contributed by atoms with Crippen molar-refractivity contribution in [3.63, 3.8) is 0 Å². The molecule has 2 atom stereocenters. The van der Waals surface area contributed by atoms with Gasteiger partial charge in [0.2, 0.25) is 0 Å². The van der Waals surface area contributed by atoms with Crippen LogP contribution < -0.4 is 19.7 Å². The Morgan fingerprint density at radius 1 is 0.385 bits per heavy atom. The fraction of sp³-hybridized carbons (Fsp3) is 0.333. The van der Waals surface area contributed by atoms with Crippen molar-refractivity contribution in [1.82, 2.24) is 0 Å². The summed E-state index contributed by atoms with van der Waals surface area (Å²) < 4.78 is 13.5. The van der Waals surface area contributed by atoms with Gasteiger partial charge >= 0.3 is 0 Å². The minimum atomic E-state index is -0.136. The molecule has 0 fully saturated rings. The average molecular weight is 727 g/mol. The van der Waals surface area contributed by atoms with E-state index in [-0.39, 0.29) is 39.3 Å². The fourth-order valence-electron chi connectivity index (χ4n) is 6.86. The molecule has 0 bridgehead atoms. The molecule has 0 aliphatic rings. The zero-order valence-electron chi connectivity index (χ0n) is 33.2. The van der Waals surface area contributed by atoms with E-state index >= 15 is 0 Å². The number of hydrogen-bond acceptors (Lipinski definition) is 2. The van der Waals surface area contributed by atoms with Gasteiger partial charge in [-0.2, -0.15) is 0 Å². The first-order chi connectivity index (χ1) is 24.3. The molecule has 0 amide bonds. The van der Waals surface area contributed by atoms with Crippen LogP contribution in [0.1, 0.15) is 105 Å². The highest BCUT2D eigenvalue weighted by Gasteiger charge is 2.31. The molecule has 2 nitrogen and oxygen atoms in total. The molecule has 4 heteroatoms. The van der Waals surface area contributed by atoms with E-state index in [1.807, 2.05) is 36.4 Å². The second-order valence-corrected chi connectivity index (χ2v) is 20.1. The first kappa shape index (κ1) is 38.0. The predicted molar refractivity (Wildman–Crippen MR) is 232 cm³/mol. The van der Waals surface area contributed by atoms with Crippen LogP contribution >= 0.6 is 17.6 Å². The first-order valence-corrected chi connectivity index (χ1v) is 20.3. The van der Waals surface area contributed by atoms with Gasteiger partial charge in [0.05, 0.1) is 0 Å². The zero-order valence-corrected chi connectivity index (χ0v) is 35.2. The lowest BCUT2D eigenvalue weighted by molar-refractivity contribution is 0.589. The van der Waals surface area contributed by atoms with Gasteiger partial charge in [-0.3, -0.25) is 0 Å². The van der Waals surface area contributed by atoms with E-state index in [1.165, 1.54) is 65.5 Å². The topological polar surface area (TPSA) is 18.5 Å². The van der Waals surface area contributed by atoms with Gasteiger partial charge in [0.1, 0.15) is 29.1 Å². The van der Waals surface area contributed by atoms with Gasteiger partial charge < -0.3 is 9.05 Å². The average Bonchev–Trinajstić information content (AvgIpc) is 3.07. The molecule has 52 heavy (non-hydrogen) atoms. The highest BCUT2D eigenvalue weighted by atomic mass is 31.1. The van der Waals surface area contributed by atoms with Crippen LogP contribution in [0.2, 0.25) is 0 Å². The number of benzene rings is 6. The van der Waals surface area contributed by atoms with E-state index in [4.69, 9.17) is 9.05 Å². The molecular weight excluding hydrogens is 670 g/mol. The van der Waals surface area contributed by atoms with Crippen molar-refractivity contribution in [3.05, 3.63) is 131 Å². The molecular formula is C48H56O2P2. The normalized spacial score (nSPS) is 13.2. The molecule has 270 valence electrons. The summed E-state index contributed by atoms with van der Waals surface area (Å²) in [6.45, 7) is 27.8. The summed E-state index contributed by atoms with van der Waals surface area (Å²) in [7, 11) is 0.210. The van der Waals surface area contributed by atoms with Crippen LogP contribution in [0.3, 0.4) is 0 Å². The van der Waals surface area contributed by atoms with Crippen LogP contribution in [0.15, 0.2) is 109 Å². The Balaban J connectivity index is 1.80. The molecule has 0 N–H and O–H groups in total. The summed E-state index contributed by atoms with van der Waals surface area (Å²) in [4.78, 5) is 0. The molecule has 0 aromatic heterocycles. The van der Waals surface area contributed by atoms with E-state index in [1.54, 1.807) is 0 Å². The minimum absolute atomic E-state index is 0.0192. The van der Waals surface area contributed by atoms with Crippen molar-refractivity contribution in [1.29, 1.82) is 0 Å². The van der Waals surface area contributed by atoms with Crippen molar-refractivity contribution in [2.75, 3.05) is 0 Å². The fourth-order valence-corrected chi connectivity index (χ4v) is 9.41. The molecule has 0 aliphatic carbocycles. The summed E-state index contributed by atoms with van der Waals surface area (Å²) in [5.41, 5.74) is 7.58. The van der Waals surface area contributed by atoms with E-state index in [0.717, 1.165) is 11.5 Å². The lowest BCUT2D eigenvalue weighted by Gasteiger charge is -2.31. The summed E-state index contributed by atoms with van der Waals surface area (Å²) in [5.74, 6) is 1.76. The molecule has 0 spiro atoms. The summed E-state index contributed by atoms with van der Waals surface area (Å²) in [5, 5.41) is 7.53. The monoisotopic (exact) mass is 726 g/mol. The molecule has 0 saturated heterocycles. The largest absolute Gasteiger partial charge is 0.472 e. The lowest BCUT2D eigenvalue weighted by Crippen LogP contribution is -2.26. The maximum absolute atomic E-state index is 6.76. The molecule has 0 heterocycles. The molecule has 6 aromatic carbocycles. The Morgan fingerprint density at radius 2 is 0.731 bits per heavy atom. The van der Waals surface area contributed by atoms with Crippen LogP contribution in [0.5, 0.6) is 11.5 Å². The highest BCUT2D eigenvalue weighted by Crippen LogP contribution is 2.45. The van der Waals surface area contributed by atoms with Crippen LogP contribution in [0.4, 0.5) is 0 Å². The first-order valence-electron chi connectivity index (χ1n) is 18.5. The molecule has 0 saturated carbocycles. The highest BCUT2D eigenvalue weighted by molar-refractivity contribution is 7.44. The zero-order chi connectivity index (χ0) is 37.6. The Hall–Kier alpha value is -3.70. The van der Waals surface area contributed by atoms with Crippen molar-refractivity contribution in [2.45, 2.75) is 105 Å². The molecule has 0 radical (unpaired) electrons. The van der Waals surface area contributed by atoms with Crippen molar-refractivity contribution in [3.8, 4) is 22.6 Å². The summed E-state index contributed by atoms with van der Waals surface area (Å²) >= 11 is 0. The van der Waals surface area contributed by atoms with E-state index in [0.29, 0.717) is 0 Å². The standard InChI is InChI=1S/C48H56O2P2/c1-45(2,3)33-23-25-37-31(27-33)29-39(47(7,8)9)43(51-49-35-19-15-13-16-20-35)41(37)42-38-26-24-34(46(4,5)6)28-32(38)30-40(48(10,11)12)44(42)52-50-36-21-17-14-18-22-36/h13-30,51-52H,1-12H3. The third kappa shape index (κ3) is 8.10. The minimum Gasteiger partial charge on any atom is -0.472 e. The number of fused-ring (bicyclic) bond motifs is 2. The number of rotatable bonds is 7. The Labute approximate surface area is 316 Å². The van der Waals surface area contributed by atoms with E-state index < -0.39 is 0 Å². The predicted octanol–water partition coefficient (Wildman–Crippen LogP) is 13.4. The van der Waals surface area contributed by atoms with Crippen molar-refractivity contribution < 1.29 is 9.05 Å². The van der Waals surface area contributed by atoms with Crippen LogP contribution in [0, 0.1) is 0 Å². The van der Waals surface area contributed by atoms with Gasteiger partial charge in [0.15, 0.2) is 0 Å². The van der Waals surface area contributed by atoms with Crippen LogP contribution in [-0.4, -0.2) is 0 Å². The van der Waals surface area contributed by atoms with Gasteiger partial charge in [-0.25, -0.2) is 0 Å². The van der Waals surface area contributed by atoms with Crippen LogP contribution in [-0.2, 0) is 21.7 Å². The third-order valence-electron chi connectivity index (χ3n) is 9.91. The second kappa shape index (κ2) is 14.3. The van der Waals surface area contributed by atoms with E-state index in [2.05, 4.69) is 156 Å². The van der Waals surface area contributed by atoms with Gasteiger partial charge in [-0.15, -0.1) is 0 Å². The van der Waals surface area contributed by atoms with Crippen molar-refractivity contribution in [2.24, 2.45) is 0 Å². The quantitative estimate of drug-likeness (QED) is 0.153. The smallest absolute Gasteiger partial charge is 0.123 e. The SMILES string of the molecule is CC(C)(C)c1ccc2c(-c3c(POc4ccccc4)c(C(C)(C)C)cc4cc(C(C)(C)C)ccc34)c(POc3ccccc3)c(C(C)(C)C)cc2c1. The maximum atomic E-state index is 6.76. The Bertz CT molecular complexity index is 2050. The number of hydrogen-bond donors (Lipinski definition) is 0. The van der Waals surface area contributed by atoms with E-state index in [9.17, 15) is 0 Å². The van der Waals surface area contributed by atoms with Gasteiger partial charge in [-0.05, 0) is 102 Å².